The molecular weight excluding hydrogens is 438 g/mol. The van der Waals surface area contributed by atoms with Gasteiger partial charge in [-0.1, -0.05) is 85.5 Å². The number of unbranched alkanes of at least 4 members (excludes halogenated alkanes) is 9. The molecule has 0 rings (SSSR count). The van der Waals surface area contributed by atoms with Crippen molar-refractivity contribution in [3.8, 4) is 0 Å². The Labute approximate surface area is 159 Å². The van der Waals surface area contributed by atoms with Gasteiger partial charge in [-0.2, -0.15) is 25.7 Å². The number of rotatable bonds is 9. The van der Waals surface area contributed by atoms with Crippen molar-refractivity contribution in [1.82, 2.24) is 0 Å². The van der Waals surface area contributed by atoms with Crippen molar-refractivity contribution in [3.05, 3.63) is 27.7 Å². The van der Waals surface area contributed by atoms with Gasteiger partial charge in [-0.3, -0.25) is 0 Å². The average Bonchev–Trinajstić information content (AvgIpc) is 2.55. The second kappa shape index (κ2) is 49.5. The van der Waals surface area contributed by atoms with Crippen LogP contribution >= 0.6 is 0 Å². The Kier molecular flexibility index (Phi) is 76.8. The molecule has 0 unspecified atom stereocenters. The SMILES string of the molecule is [CH2-]CCC.[CH2-]CCC.[CH2-]CCC.[CH2-]CCCCCCCC.[Re]. The summed E-state index contributed by atoms with van der Waals surface area (Å²) in [5.74, 6) is 0. The zero-order chi connectivity index (χ0) is 17.2. The van der Waals surface area contributed by atoms with Crippen molar-refractivity contribution < 1.29 is 20.4 Å². The monoisotopic (exact) mass is 485 g/mol. The molecule has 0 saturated carbocycles. The van der Waals surface area contributed by atoms with E-state index in [9.17, 15) is 0 Å². The fraction of sp³-hybridized carbons (Fsp3) is 0.810. The minimum Gasteiger partial charge on any atom is -0.343 e. The van der Waals surface area contributed by atoms with Crippen LogP contribution in [0.3, 0.4) is 0 Å². The molecule has 0 aliphatic rings. The summed E-state index contributed by atoms with van der Waals surface area (Å²) in [6.45, 7) is 23.2. The summed E-state index contributed by atoms with van der Waals surface area (Å²) >= 11 is 0. The maximum atomic E-state index is 3.80. The van der Waals surface area contributed by atoms with Crippen LogP contribution < -0.4 is 0 Å². The molecule has 0 aliphatic carbocycles. The Morgan fingerprint density at radius 1 is 0.409 bits per heavy atom. The van der Waals surface area contributed by atoms with Gasteiger partial charge < -0.3 is 27.7 Å². The second-order valence-corrected chi connectivity index (χ2v) is 5.18. The summed E-state index contributed by atoms with van der Waals surface area (Å²) < 4.78 is 0. The van der Waals surface area contributed by atoms with E-state index in [4.69, 9.17) is 0 Å². The van der Waals surface area contributed by atoms with Gasteiger partial charge in [0.2, 0.25) is 0 Å². The standard InChI is InChI=1S/C9H19.3C4H9.Re/c1-3-5-7-9-8-6-4-2;3*1-3-4-2;/h1,3-9H2,2H3;3*1,3-4H2,2H3;/q4*-1;. The van der Waals surface area contributed by atoms with E-state index in [0.29, 0.717) is 0 Å². The molecule has 1 heteroatoms. The first-order valence-corrected chi connectivity index (χ1v) is 9.33. The predicted octanol–water partition coefficient (Wildman–Crippen LogP) is 8.43. The Morgan fingerprint density at radius 2 is 0.682 bits per heavy atom. The summed E-state index contributed by atoms with van der Waals surface area (Å²) in [4.78, 5) is 0. The molecule has 1 radical (unpaired) electrons. The van der Waals surface area contributed by atoms with Crippen molar-refractivity contribution in [2.45, 2.75) is 111 Å². The van der Waals surface area contributed by atoms with Gasteiger partial charge >= 0.3 is 0 Å². The van der Waals surface area contributed by atoms with Crippen molar-refractivity contribution in [2.24, 2.45) is 0 Å². The molecule has 141 valence electrons. The number of hydrogen-bond acceptors (Lipinski definition) is 0. The van der Waals surface area contributed by atoms with Gasteiger partial charge in [0.1, 0.15) is 0 Å². The Bertz CT molecular complexity index is 80.6. The Morgan fingerprint density at radius 3 is 0.909 bits per heavy atom. The largest absolute Gasteiger partial charge is 0.343 e. The van der Waals surface area contributed by atoms with Crippen LogP contribution in [0.25, 0.3) is 0 Å². The molecule has 0 aromatic heterocycles. The minimum absolute atomic E-state index is 0. The third-order valence-corrected chi connectivity index (χ3v) is 2.66. The summed E-state index contributed by atoms with van der Waals surface area (Å²) in [5, 5.41) is 0. The molecule has 0 heterocycles. The predicted molar refractivity (Wildman–Crippen MR) is 104 cm³/mol. The normalized spacial score (nSPS) is 8.18. The van der Waals surface area contributed by atoms with E-state index >= 15 is 0 Å². The molecule has 22 heavy (non-hydrogen) atoms. The summed E-state index contributed by atoms with van der Waals surface area (Å²) in [7, 11) is 0. The van der Waals surface area contributed by atoms with Crippen LogP contribution in [0.5, 0.6) is 0 Å². The molecule has 0 aromatic rings. The summed E-state index contributed by atoms with van der Waals surface area (Å²) in [6, 6.07) is 0. The fourth-order valence-electron chi connectivity index (χ4n) is 0.957. The van der Waals surface area contributed by atoms with Gasteiger partial charge in [0, 0.05) is 20.4 Å². The van der Waals surface area contributed by atoms with Gasteiger partial charge in [-0.05, 0) is 0 Å². The zero-order valence-corrected chi connectivity index (χ0v) is 19.1. The van der Waals surface area contributed by atoms with E-state index < -0.39 is 0 Å². The van der Waals surface area contributed by atoms with Crippen LogP contribution in [0.1, 0.15) is 111 Å². The molecule has 0 spiro atoms. The third-order valence-electron chi connectivity index (χ3n) is 2.66. The van der Waals surface area contributed by atoms with Gasteiger partial charge in [-0.25, -0.2) is 0 Å². The molecule has 0 aliphatic heterocycles. The first-order valence-electron chi connectivity index (χ1n) is 9.33. The average molecular weight is 485 g/mol. The van der Waals surface area contributed by atoms with Gasteiger partial charge in [0.15, 0.2) is 0 Å². The van der Waals surface area contributed by atoms with Crippen molar-refractivity contribution in [2.75, 3.05) is 0 Å². The third kappa shape index (κ3) is 85.6. The molecule has 0 saturated heterocycles. The molecule has 0 atom stereocenters. The zero-order valence-electron chi connectivity index (χ0n) is 16.4. The first-order chi connectivity index (χ1) is 10.2. The van der Waals surface area contributed by atoms with Crippen LogP contribution in [0, 0.1) is 27.7 Å². The van der Waals surface area contributed by atoms with Gasteiger partial charge in [0.25, 0.3) is 0 Å². The van der Waals surface area contributed by atoms with Crippen molar-refractivity contribution in [3.63, 3.8) is 0 Å². The van der Waals surface area contributed by atoms with Crippen LogP contribution in [0.4, 0.5) is 0 Å². The van der Waals surface area contributed by atoms with Crippen molar-refractivity contribution in [1.29, 1.82) is 0 Å². The van der Waals surface area contributed by atoms with Gasteiger partial charge in [0.05, 0.1) is 0 Å². The molecule has 0 aromatic carbocycles. The minimum atomic E-state index is 0. The van der Waals surface area contributed by atoms with Crippen LogP contribution in [0.2, 0.25) is 0 Å². The summed E-state index contributed by atoms with van der Waals surface area (Å²) in [6.07, 6.45) is 16.3. The molecular formula is C21H46Re-4. The van der Waals surface area contributed by atoms with Gasteiger partial charge in [-0.15, -0.1) is 0 Å². The number of hydrogen-bond donors (Lipinski definition) is 0. The fourth-order valence-corrected chi connectivity index (χ4v) is 0.957. The van der Waals surface area contributed by atoms with E-state index in [1.165, 1.54) is 57.8 Å². The van der Waals surface area contributed by atoms with Crippen LogP contribution in [-0.2, 0) is 20.4 Å². The van der Waals surface area contributed by atoms with Crippen LogP contribution in [0.15, 0.2) is 0 Å². The maximum absolute atomic E-state index is 3.80. The van der Waals surface area contributed by atoms with E-state index in [1.54, 1.807) is 0 Å². The van der Waals surface area contributed by atoms with E-state index in [2.05, 4.69) is 55.4 Å². The Balaban J connectivity index is -0.0000000632. The molecule has 0 nitrogen and oxygen atoms in total. The maximum Gasteiger partial charge on any atom is 0 e. The first kappa shape index (κ1) is 34.1. The molecule has 0 bridgehead atoms. The van der Waals surface area contributed by atoms with Crippen molar-refractivity contribution >= 4 is 0 Å². The smallest absolute Gasteiger partial charge is 0 e. The topological polar surface area (TPSA) is 0 Å². The molecule has 0 N–H and O–H groups in total. The summed E-state index contributed by atoms with van der Waals surface area (Å²) in [5.41, 5.74) is 0. The second-order valence-electron chi connectivity index (χ2n) is 5.18. The Hall–Kier alpha value is 0.662. The molecule has 0 fully saturated rings. The molecule has 0 amide bonds. The van der Waals surface area contributed by atoms with E-state index in [-0.39, 0.29) is 20.4 Å². The van der Waals surface area contributed by atoms with E-state index in [1.807, 2.05) is 0 Å². The quantitative estimate of drug-likeness (QED) is 0.227. The van der Waals surface area contributed by atoms with E-state index in [0.717, 1.165) is 25.7 Å². The van der Waals surface area contributed by atoms with Crippen LogP contribution in [-0.4, -0.2) is 0 Å².